The molecule has 2 N–H and O–H groups in total. The Kier molecular flexibility index (Phi) is 5.17. The van der Waals surface area contributed by atoms with Crippen LogP contribution in [0.4, 0.5) is 0 Å². The molecule has 2 rings (SSSR count). The molecule has 0 bridgehead atoms. The SMILES string of the molecule is CNCc1cc(-c2cc(C(C)(C)C)c(O)c(C(C)(C)C)c2)c(C)s1. The first-order chi connectivity index (χ1) is 10.9. The molecule has 1 heterocycles. The van der Waals surface area contributed by atoms with Crippen LogP contribution in [0.1, 0.15) is 62.4 Å². The number of phenols is 1. The molecule has 132 valence electrons. The van der Waals surface area contributed by atoms with E-state index in [4.69, 9.17) is 0 Å². The van der Waals surface area contributed by atoms with Gasteiger partial charge in [-0.2, -0.15) is 0 Å². The average Bonchev–Trinajstić information content (AvgIpc) is 2.77. The largest absolute Gasteiger partial charge is 0.507 e. The van der Waals surface area contributed by atoms with Crippen LogP contribution in [-0.2, 0) is 17.4 Å². The highest BCUT2D eigenvalue weighted by Crippen LogP contribution is 2.43. The van der Waals surface area contributed by atoms with Crippen LogP contribution in [0.25, 0.3) is 11.1 Å². The first kappa shape index (κ1) is 19.0. The van der Waals surface area contributed by atoms with E-state index in [2.05, 4.69) is 72.0 Å². The Labute approximate surface area is 150 Å². The number of thiophene rings is 1. The summed E-state index contributed by atoms with van der Waals surface area (Å²) < 4.78 is 0. The lowest BCUT2D eigenvalue weighted by atomic mass is 9.78. The molecule has 0 aliphatic heterocycles. The first-order valence-corrected chi connectivity index (χ1v) is 9.39. The number of rotatable bonds is 3. The van der Waals surface area contributed by atoms with Crippen molar-refractivity contribution in [3.8, 4) is 16.9 Å². The maximum absolute atomic E-state index is 10.9. The van der Waals surface area contributed by atoms with Crippen molar-refractivity contribution in [3.63, 3.8) is 0 Å². The molecule has 2 aromatic rings. The normalized spacial score (nSPS) is 12.7. The van der Waals surface area contributed by atoms with Crippen molar-refractivity contribution in [1.29, 1.82) is 0 Å². The molecule has 0 atom stereocenters. The third-order valence-electron chi connectivity index (χ3n) is 4.36. The Balaban J connectivity index is 2.71. The Morgan fingerprint density at radius 2 is 1.46 bits per heavy atom. The number of aromatic hydroxyl groups is 1. The second-order valence-electron chi connectivity index (χ2n) is 8.63. The number of hydrogen-bond donors (Lipinski definition) is 2. The fourth-order valence-electron chi connectivity index (χ4n) is 3.03. The zero-order valence-corrected chi connectivity index (χ0v) is 17.1. The first-order valence-electron chi connectivity index (χ1n) is 8.57. The molecule has 0 saturated carbocycles. The minimum atomic E-state index is -0.0994. The van der Waals surface area contributed by atoms with E-state index >= 15 is 0 Å². The van der Waals surface area contributed by atoms with Crippen molar-refractivity contribution < 1.29 is 5.11 Å². The molecule has 3 heteroatoms. The van der Waals surface area contributed by atoms with Gasteiger partial charge in [-0.15, -0.1) is 11.3 Å². The van der Waals surface area contributed by atoms with Crippen molar-refractivity contribution in [2.24, 2.45) is 0 Å². The Bertz CT molecular complexity index is 694. The summed E-state index contributed by atoms with van der Waals surface area (Å²) in [5.74, 6) is 0.446. The minimum Gasteiger partial charge on any atom is -0.507 e. The minimum absolute atomic E-state index is 0.0994. The van der Waals surface area contributed by atoms with Crippen LogP contribution < -0.4 is 5.32 Å². The molecule has 2 nitrogen and oxygen atoms in total. The molecule has 0 unspecified atom stereocenters. The van der Waals surface area contributed by atoms with E-state index in [1.54, 1.807) is 0 Å². The summed E-state index contributed by atoms with van der Waals surface area (Å²) in [5, 5.41) is 14.1. The van der Waals surface area contributed by atoms with Crippen LogP contribution in [0, 0.1) is 6.92 Å². The summed E-state index contributed by atoms with van der Waals surface area (Å²) in [6.07, 6.45) is 0. The van der Waals surface area contributed by atoms with Gasteiger partial charge in [0.15, 0.2) is 0 Å². The average molecular weight is 346 g/mol. The molecular weight excluding hydrogens is 314 g/mol. The summed E-state index contributed by atoms with van der Waals surface area (Å²) in [4.78, 5) is 2.67. The number of aryl methyl sites for hydroxylation is 1. The molecule has 0 spiro atoms. The fraction of sp³-hybridized carbons (Fsp3) is 0.524. The summed E-state index contributed by atoms with van der Waals surface area (Å²) in [6, 6.07) is 6.62. The highest BCUT2D eigenvalue weighted by molar-refractivity contribution is 7.12. The smallest absolute Gasteiger partial charge is 0.123 e. The van der Waals surface area contributed by atoms with Gasteiger partial charge in [0, 0.05) is 27.4 Å². The van der Waals surface area contributed by atoms with Crippen LogP contribution in [0.3, 0.4) is 0 Å². The van der Waals surface area contributed by atoms with Crippen LogP contribution in [0.5, 0.6) is 5.75 Å². The second kappa shape index (κ2) is 6.53. The van der Waals surface area contributed by atoms with Gasteiger partial charge >= 0.3 is 0 Å². The molecule has 1 aromatic heterocycles. The van der Waals surface area contributed by atoms with Gasteiger partial charge in [0.2, 0.25) is 0 Å². The predicted molar refractivity (Wildman–Crippen MR) is 106 cm³/mol. The highest BCUT2D eigenvalue weighted by atomic mass is 32.1. The molecule has 0 radical (unpaired) electrons. The zero-order chi connectivity index (χ0) is 18.3. The van der Waals surface area contributed by atoms with E-state index in [0.717, 1.165) is 17.7 Å². The molecule has 0 aliphatic rings. The van der Waals surface area contributed by atoms with Crippen molar-refractivity contribution in [2.75, 3.05) is 7.05 Å². The van der Waals surface area contributed by atoms with Gasteiger partial charge in [0.05, 0.1) is 0 Å². The molecule has 0 fully saturated rings. The Morgan fingerprint density at radius 1 is 0.958 bits per heavy atom. The maximum Gasteiger partial charge on any atom is 0.123 e. The van der Waals surface area contributed by atoms with E-state index in [1.165, 1.54) is 20.9 Å². The predicted octanol–water partition coefficient (Wildman–Crippen LogP) is 5.74. The second-order valence-corrected chi connectivity index (χ2v) is 9.97. The van der Waals surface area contributed by atoms with Gasteiger partial charge in [-0.25, -0.2) is 0 Å². The Morgan fingerprint density at radius 3 is 1.88 bits per heavy atom. The third-order valence-corrected chi connectivity index (χ3v) is 5.41. The number of phenolic OH excluding ortho intramolecular Hbond substituents is 1. The maximum atomic E-state index is 10.9. The van der Waals surface area contributed by atoms with Crippen molar-refractivity contribution in [3.05, 3.63) is 39.1 Å². The zero-order valence-electron chi connectivity index (χ0n) is 16.3. The molecule has 1 aromatic carbocycles. The van der Waals surface area contributed by atoms with E-state index < -0.39 is 0 Å². The van der Waals surface area contributed by atoms with Gasteiger partial charge in [-0.1, -0.05) is 41.5 Å². The van der Waals surface area contributed by atoms with Crippen LogP contribution in [0.15, 0.2) is 18.2 Å². The molecule has 0 saturated heterocycles. The summed E-state index contributed by atoms with van der Waals surface area (Å²) in [6.45, 7) is 16.0. The fourth-order valence-corrected chi connectivity index (χ4v) is 4.10. The molecular formula is C21H31NOS. The van der Waals surface area contributed by atoms with E-state index in [1.807, 2.05) is 18.4 Å². The standard InChI is InChI=1S/C21H31NOS/c1-13-16(11-15(24-13)12-22-8)14-9-17(20(2,3)4)19(23)18(10-14)21(5,6)7/h9-11,22-23H,12H2,1-8H3. The lowest BCUT2D eigenvalue weighted by Gasteiger charge is -2.28. The molecule has 0 aliphatic carbocycles. The van der Waals surface area contributed by atoms with Crippen molar-refractivity contribution in [2.45, 2.75) is 65.8 Å². The number of benzene rings is 1. The number of nitrogens with one attached hydrogen (secondary N) is 1. The van der Waals surface area contributed by atoms with E-state index in [-0.39, 0.29) is 10.8 Å². The van der Waals surface area contributed by atoms with Gasteiger partial charge < -0.3 is 10.4 Å². The molecule has 24 heavy (non-hydrogen) atoms. The van der Waals surface area contributed by atoms with Crippen molar-refractivity contribution in [1.82, 2.24) is 5.32 Å². The van der Waals surface area contributed by atoms with Crippen LogP contribution in [-0.4, -0.2) is 12.2 Å². The van der Waals surface area contributed by atoms with E-state index in [0.29, 0.717) is 5.75 Å². The van der Waals surface area contributed by atoms with Crippen LogP contribution in [0.2, 0.25) is 0 Å². The number of hydrogen-bond acceptors (Lipinski definition) is 3. The quantitative estimate of drug-likeness (QED) is 0.743. The van der Waals surface area contributed by atoms with Crippen LogP contribution >= 0.6 is 11.3 Å². The lowest BCUT2D eigenvalue weighted by Crippen LogP contribution is -2.17. The lowest BCUT2D eigenvalue weighted by molar-refractivity contribution is 0.423. The van der Waals surface area contributed by atoms with Gasteiger partial charge in [0.25, 0.3) is 0 Å². The van der Waals surface area contributed by atoms with E-state index in [9.17, 15) is 5.11 Å². The van der Waals surface area contributed by atoms with Gasteiger partial charge in [-0.05, 0) is 54.1 Å². The summed E-state index contributed by atoms with van der Waals surface area (Å²) in [7, 11) is 1.98. The third kappa shape index (κ3) is 3.84. The molecule has 0 amide bonds. The highest BCUT2D eigenvalue weighted by Gasteiger charge is 2.27. The monoisotopic (exact) mass is 345 g/mol. The topological polar surface area (TPSA) is 32.3 Å². The summed E-state index contributed by atoms with van der Waals surface area (Å²) >= 11 is 1.84. The van der Waals surface area contributed by atoms with Gasteiger partial charge in [0.1, 0.15) is 5.75 Å². The summed E-state index contributed by atoms with van der Waals surface area (Å²) in [5.41, 5.74) is 4.33. The van der Waals surface area contributed by atoms with Gasteiger partial charge in [-0.3, -0.25) is 0 Å². The van der Waals surface area contributed by atoms with Crippen molar-refractivity contribution >= 4 is 11.3 Å². The Hall–Kier alpha value is -1.32.